The van der Waals surface area contributed by atoms with Gasteiger partial charge in [0.25, 0.3) is 0 Å². The highest BCUT2D eigenvalue weighted by Crippen LogP contribution is 2.29. The molecule has 2 nitrogen and oxygen atoms in total. The quantitative estimate of drug-likeness (QED) is 0.896. The van der Waals surface area contributed by atoms with Crippen molar-refractivity contribution in [2.75, 3.05) is 6.54 Å². The first-order valence-electron chi connectivity index (χ1n) is 6.72. The summed E-state index contributed by atoms with van der Waals surface area (Å²) in [5.41, 5.74) is 10.6. The topological polar surface area (TPSA) is 35.2 Å². The Balaban J connectivity index is 2.30. The zero-order valence-electron chi connectivity index (χ0n) is 12.1. The first-order valence-corrected chi connectivity index (χ1v) is 7.51. The third kappa shape index (κ3) is 3.22. The van der Waals surface area contributed by atoms with E-state index < -0.39 is 0 Å². The van der Waals surface area contributed by atoms with Gasteiger partial charge in [-0.15, -0.1) is 0 Å². The van der Waals surface area contributed by atoms with Gasteiger partial charge in [0.15, 0.2) is 0 Å². The summed E-state index contributed by atoms with van der Waals surface area (Å²) in [5, 5.41) is 0. The monoisotopic (exact) mass is 333 g/mol. The highest BCUT2D eigenvalue weighted by Gasteiger charge is 2.14. The molecule has 2 N–H and O–H groups in total. The molecule has 0 heterocycles. The lowest BCUT2D eigenvalue weighted by Crippen LogP contribution is -2.19. The number of hydrogen-bond acceptors (Lipinski definition) is 2. The van der Waals surface area contributed by atoms with Gasteiger partial charge < -0.3 is 10.5 Å². The van der Waals surface area contributed by atoms with Crippen molar-refractivity contribution in [1.29, 1.82) is 0 Å². The van der Waals surface area contributed by atoms with Gasteiger partial charge in [-0.3, -0.25) is 0 Å². The molecule has 3 heteroatoms. The van der Waals surface area contributed by atoms with E-state index in [2.05, 4.69) is 48.8 Å². The average molecular weight is 334 g/mol. The van der Waals surface area contributed by atoms with Crippen LogP contribution >= 0.6 is 15.9 Å². The molecule has 20 heavy (non-hydrogen) atoms. The lowest BCUT2D eigenvalue weighted by molar-refractivity contribution is 0.213. The molecule has 106 valence electrons. The number of ether oxygens (including phenoxy) is 1. The van der Waals surface area contributed by atoms with Gasteiger partial charge in [-0.05, 0) is 55.2 Å². The SMILES string of the molecule is Cc1ccccc1C(CN)Oc1cc(C)c(Br)c(C)c1. The smallest absolute Gasteiger partial charge is 0.136 e. The van der Waals surface area contributed by atoms with Crippen molar-refractivity contribution in [3.8, 4) is 5.75 Å². The van der Waals surface area contributed by atoms with Gasteiger partial charge in [-0.2, -0.15) is 0 Å². The second-order valence-electron chi connectivity index (χ2n) is 5.07. The van der Waals surface area contributed by atoms with Crippen molar-refractivity contribution >= 4 is 15.9 Å². The maximum absolute atomic E-state index is 6.10. The van der Waals surface area contributed by atoms with Gasteiger partial charge in [0.2, 0.25) is 0 Å². The standard InChI is InChI=1S/C17H20BrNO/c1-11-6-4-5-7-15(11)16(10-19)20-14-8-12(2)17(18)13(3)9-14/h4-9,16H,10,19H2,1-3H3. The van der Waals surface area contributed by atoms with Crippen molar-refractivity contribution in [1.82, 2.24) is 0 Å². The van der Waals surface area contributed by atoms with Crippen LogP contribution in [0.5, 0.6) is 5.75 Å². The lowest BCUT2D eigenvalue weighted by Gasteiger charge is -2.20. The highest BCUT2D eigenvalue weighted by atomic mass is 79.9. The Bertz CT molecular complexity index is 587. The predicted molar refractivity (Wildman–Crippen MR) is 87.2 cm³/mol. The van der Waals surface area contributed by atoms with Gasteiger partial charge in [-0.25, -0.2) is 0 Å². The zero-order valence-corrected chi connectivity index (χ0v) is 13.7. The van der Waals surface area contributed by atoms with E-state index in [1.54, 1.807) is 0 Å². The minimum absolute atomic E-state index is 0.115. The van der Waals surface area contributed by atoms with Crippen LogP contribution in [0, 0.1) is 20.8 Å². The third-order valence-corrected chi connectivity index (χ3v) is 4.69. The van der Waals surface area contributed by atoms with E-state index in [0.717, 1.165) is 15.8 Å². The molecular formula is C17H20BrNO. The summed E-state index contributed by atoms with van der Waals surface area (Å²) in [6.07, 6.45) is -0.115. The third-order valence-electron chi connectivity index (χ3n) is 3.44. The molecule has 2 aromatic rings. The molecule has 0 fully saturated rings. The molecule has 0 saturated heterocycles. The maximum Gasteiger partial charge on any atom is 0.136 e. The van der Waals surface area contributed by atoms with Crippen LogP contribution in [0.1, 0.15) is 28.4 Å². The van der Waals surface area contributed by atoms with Crippen molar-refractivity contribution in [3.63, 3.8) is 0 Å². The normalized spacial score (nSPS) is 12.2. The van der Waals surface area contributed by atoms with Crippen LogP contribution in [0.2, 0.25) is 0 Å². The molecule has 0 aromatic heterocycles. The van der Waals surface area contributed by atoms with Crippen LogP contribution in [0.15, 0.2) is 40.9 Å². The van der Waals surface area contributed by atoms with Crippen molar-refractivity contribution in [2.24, 2.45) is 5.73 Å². The van der Waals surface area contributed by atoms with Crippen LogP contribution in [0.4, 0.5) is 0 Å². The van der Waals surface area contributed by atoms with E-state index in [4.69, 9.17) is 10.5 Å². The summed E-state index contributed by atoms with van der Waals surface area (Å²) >= 11 is 3.57. The molecule has 0 radical (unpaired) electrons. The molecule has 0 aliphatic heterocycles. The second-order valence-corrected chi connectivity index (χ2v) is 5.86. The molecule has 0 bridgehead atoms. The van der Waals surface area contributed by atoms with Crippen LogP contribution in [-0.2, 0) is 0 Å². The Kier molecular flexibility index (Phi) is 4.84. The van der Waals surface area contributed by atoms with Crippen molar-refractivity contribution in [3.05, 3.63) is 63.1 Å². The van der Waals surface area contributed by atoms with Gasteiger partial charge in [0.1, 0.15) is 11.9 Å². The van der Waals surface area contributed by atoms with Crippen LogP contribution in [0.3, 0.4) is 0 Å². The Morgan fingerprint density at radius 1 is 1.05 bits per heavy atom. The number of halogens is 1. The summed E-state index contributed by atoms with van der Waals surface area (Å²) in [6, 6.07) is 12.3. The Morgan fingerprint density at radius 3 is 2.20 bits per heavy atom. The first-order chi connectivity index (χ1) is 9.52. The number of hydrogen-bond donors (Lipinski definition) is 1. The summed E-state index contributed by atoms with van der Waals surface area (Å²) in [7, 11) is 0. The maximum atomic E-state index is 6.10. The van der Waals surface area contributed by atoms with Gasteiger partial charge in [-0.1, -0.05) is 40.2 Å². The molecule has 0 aliphatic rings. The van der Waals surface area contributed by atoms with Gasteiger partial charge in [0.05, 0.1) is 0 Å². The minimum Gasteiger partial charge on any atom is -0.484 e. The van der Waals surface area contributed by atoms with Gasteiger partial charge in [0, 0.05) is 11.0 Å². The van der Waals surface area contributed by atoms with E-state index in [1.807, 2.05) is 24.3 Å². The van der Waals surface area contributed by atoms with Crippen molar-refractivity contribution in [2.45, 2.75) is 26.9 Å². The van der Waals surface area contributed by atoms with E-state index in [-0.39, 0.29) is 6.10 Å². The predicted octanol–water partition coefficient (Wildman–Crippen LogP) is 4.45. The summed E-state index contributed by atoms with van der Waals surface area (Å²) < 4.78 is 7.23. The van der Waals surface area contributed by atoms with E-state index in [0.29, 0.717) is 6.54 Å². The molecule has 1 atom stereocenters. The molecule has 0 saturated carbocycles. The molecule has 0 amide bonds. The molecule has 1 unspecified atom stereocenters. The van der Waals surface area contributed by atoms with Gasteiger partial charge >= 0.3 is 0 Å². The van der Waals surface area contributed by atoms with Crippen LogP contribution in [-0.4, -0.2) is 6.54 Å². The molecule has 0 spiro atoms. The Labute approximate surface area is 129 Å². The fraction of sp³-hybridized carbons (Fsp3) is 0.294. The fourth-order valence-electron chi connectivity index (χ4n) is 2.33. The van der Waals surface area contributed by atoms with Crippen molar-refractivity contribution < 1.29 is 4.74 Å². The Hall–Kier alpha value is -1.32. The second kappa shape index (κ2) is 6.42. The number of nitrogens with two attached hydrogens (primary N) is 1. The average Bonchev–Trinajstić information content (AvgIpc) is 2.43. The zero-order chi connectivity index (χ0) is 14.7. The number of benzene rings is 2. The lowest BCUT2D eigenvalue weighted by atomic mass is 10.0. The minimum atomic E-state index is -0.115. The van der Waals surface area contributed by atoms with Crippen LogP contribution in [0.25, 0.3) is 0 Å². The highest BCUT2D eigenvalue weighted by molar-refractivity contribution is 9.10. The van der Waals surface area contributed by atoms with E-state index >= 15 is 0 Å². The summed E-state index contributed by atoms with van der Waals surface area (Å²) in [4.78, 5) is 0. The van der Waals surface area contributed by atoms with E-state index in [9.17, 15) is 0 Å². The number of aryl methyl sites for hydroxylation is 3. The molecule has 0 aliphatic carbocycles. The molecule has 2 aromatic carbocycles. The Morgan fingerprint density at radius 2 is 1.65 bits per heavy atom. The summed E-state index contributed by atoms with van der Waals surface area (Å²) in [5.74, 6) is 0.863. The van der Waals surface area contributed by atoms with Crippen LogP contribution < -0.4 is 10.5 Å². The fourth-order valence-corrected chi connectivity index (χ4v) is 2.55. The number of rotatable bonds is 4. The largest absolute Gasteiger partial charge is 0.484 e. The molecular weight excluding hydrogens is 314 g/mol. The first kappa shape index (κ1) is 15.1. The molecule has 2 rings (SSSR count). The summed E-state index contributed by atoms with van der Waals surface area (Å²) in [6.45, 7) is 6.67. The van der Waals surface area contributed by atoms with E-state index in [1.165, 1.54) is 16.7 Å².